The molecule has 0 saturated heterocycles. The van der Waals surface area contributed by atoms with E-state index in [4.69, 9.17) is 17.4 Å². The average molecular weight is 299 g/mol. The van der Waals surface area contributed by atoms with Crippen LogP contribution >= 0.6 is 11.6 Å². The third-order valence-electron chi connectivity index (χ3n) is 3.35. The minimum Gasteiger partial charge on any atom is -0.271 e. The van der Waals surface area contributed by atoms with Crippen molar-refractivity contribution in [3.63, 3.8) is 0 Å². The lowest BCUT2D eigenvalue weighted by molar-refractivity contribution is 0.597. The van der Waals surface area contributed by atoms with Crippen LogP contribution in [-0.2, 0) is 0 Å². The van der Waals surface area contributed by atoms with Gasteiger partial charge in [0.15, 0.2) is 0 Å². The Morgan fingerprint density at radius 2 is 1.71 bits per heavy atom. The molecule has 0 bridgehead atoms. The van der Waals surface area contributed by atoms with E-state index in [0.29, 0.717) is 5.02 Å². The molecular formula is C16H15ClN4. The SMILES string of the molecule is NNC(c1ccccc1Cl)c1ccnn1-c1ccccc1. The summed E-state index contributed by atoms with van der Waals surface area (Å²) in [6.07, 6.45) is 1.75. The minimum atomic E-state index is -0.235. The third-order valence-corrected chi connectivity index (χ3v) is 3.70. The van der Waals surface area contributed by atoms with Crippen molar-refractivity contribution in [2.24, 2.45) is 5.84 Å². The van der Waals surface area contributed by atoms with Crippen LogP contribution in [0.3, 0.4) is 0 Å². The van der Waals surface area contributed by atoms with E-state index in [9.17, 15) is 0 Å². The first-order valence-corrected chi connectivity index (χ1v) is 6.99. The summed E-state index contributed by atoms with van der Waals surface area (Å²) in [7, 11) is 0. The molecule has 1 atom stereocenters. The number of nitrogens with one attached hydrogen (secondary N) is 1. The number of aromatic nitrogens is 2. The first-order valence-electron chi connectivity index (χ1n) is 6.61. The van der Waals surface area contributed by atoms with Crippen LogP contribution in [0.5, 0.6) is 0 Å². The number of nitrogens with zero attached hydrogens (tertiary/aromatic N) is 2. The first-order chi connectivity index (χ1) is 10.3. The maximum atomic E-state index is 6.29. The highest BCUT2D eigenvalue weighted by Gasteiger charge is 2.19. The summed E-state index contributed by atoms with van der Waals surface area (Å²) in [5.74, 6) is 5.76. The van der Waals surface area contributed by atoms with Gasteiger partial charge in [-0.05, 0) is 29.8 Å². The summed E-state index contributed by atoms with van der Waals surface area (Å²) in [5, 5.41) is 5.06. The summed E-state index contributed by atoms with van der Waals surface area (Å²) in [4.78, 5) is 0. The normalized spacial score (nSPS) is 12.3. The van der Waals surface area contributed by atoms with Crippen molar-refractivity contribution in [3.05, 3.63) is 83.1 Å². The number of benzene rings is 2. The van der Waals surface area contributed by atoms with Gasteiger partial charge in [0.1, 0.15) is 0 Å². The van der Waals surface area contributed by atoms with Gasteiger partial charge >= 0.3 is 0 Å². The Bertz CT molecular complexity index is 724. The van der Waals surface area contributed by atoms with Gasteiger partial charge in [-0.25, -0.2) is 10.1 Å². The molecule has 4 nitrogen and oxygen atoms in total. The Balaban J connectivity index is 2.08. The van der Waals surface area contributed by atoms with Crippen molar-refractivity contribution in [1.82, 2.24) is 15.2 Å². The Labute approximate surface area is 128 Å². The summed E-state index contributed by atoms with van der Waals surface area (Å²) < 4.78 is 1.86. The lowest BCUT2D eigenvalue weighted by atomic mass is 10.0. The average Bonchev–Trinajstić information content (AvgIpc) is 3.00. The highest BCUT2D eigenvalue weighted by Crippen LogP contribution is 2.28. The minimum absolute atomic E-state index is 0.235. The molecule has 5 heteroatoms. The predicted octanol–water partition coefficient (Wildman–Crippen LogP) is 3.08. The van der Waals surface area contributed by atoms with Crippen molar-refractivity contribution in [3.8, 4) is 5.69 Å². The second-order valence-electron chi connectivity index (χ2n) is 4.62. The Hall–Kier alpha value is -2.14. The molecule has 0 amide bonds. The van der Waals surface area contributed by atoms with Gasteiger partial charge in [-0.2, -0.15) is 5.10 Å². The molecule has 1 unspecified atom stereocenters. The Morgan fingerprint density at radius 3 is 2.43 bits per heavy atom. The zero-order valence-corrected chi connectivity index (χ0v) is 12.0. The molecule has 1 aromatic heterocycles. The zero-order valence-electron chi connectivity index (χ0n) is 11.3. The van der Waals surface area contributed by atoms with Gasteiger partial charge < -0.3 is 0 Å². The van der Waals surface area contributed by atoms with Gasteiger partial charge in [-0.3, -0.25) is 5.84 Å². The molecule has 0 saturated carbocycles. The Morgan fingerprint density at radius 1 is 1.00 bits per heavy atom. The molecule has 106 valence electrons. The summed E-state index contributed by atoms with van der Waals surface area (Å²) in [5.41, 5.74) is 5.65. The fourth-order valence-corrected chi connectivity index (χ4v) is 2.61. The molecule has 0 aliphatic heterocycles. The number of nitrogens with two attached hydrogens (primary N) is 1. The van der Waals surface area contributed by atoms with E-state index < -0.39 is 0 Å². The lowest BCUT2D eigenvalue weighted by Gasteiger charge is -2.19. The molecule has 21 heavy (non-hydrogen) atoms. The topological polar surface area (TPSA) is 55.9 Å². The standard InChI is InChI=1S/C16H15ClN4/c17-14-9-5-4-8-13(14)16(20-18)15-10-11-19-21(15)12-6-2-1-3-7-12/h1-11,16,20H,18H2. The molecule has 1 heterocycles. The van der Waals surface area contributed by atoms with Crippen molar-refractivity contribution in [1.29, 1.82) is 0 Å². The number of hydrogen-bond acceptors (Lipinski definition) is 3. The van der Waals surface area contributed by atoms with E-state index in [2.05, 4.69) is 10.5 Å². The van der Waals surface area contributed by atoms with Gasteiger partial charge in [0.2, 0.25) is 0 Å². The molecule has 3 aromatic rings. The molecule has 0 aliphatic carbocycles. The van der Waals surface area contributed by atoms with Crippen molar-refractivity contribution in [2.45, 2.75) is 6.04 Å². The third kappa shape index (κ3) is 2.69. The second-order valence-corrected chi connectivity index (χ2v) is 5.03. The van der Waals surface area contributed by atoms with E-state index in [1.165, 1.54) is 0 Å². The van der Waals surface area contributed by atoms with E-state index in [1.54, 1.807) is 6.20 Å². The molecule has 0 fully saturated rings. The van der Waals surface area contributed by atoms with E-state index in [-0.39, 0.29) is 6.04 Å². The van der Waals surface area contributed by atoms with E-state index in [1.807, 2.05) is 65.3 Å². The van der Waals surface area contributed by atoms with Gasteiger partial charge in [0.25, 0.3) is 0 Å². The molecule has 0 aliphatic rings. The number of halogens is 1. The maximum Gasteiger partial charge on any atom is 0.0897 e. The molecule has 2 aromatic carbocycles. The molecule has 3 N–H and O–H groups in total. The molecular weight excluding hydrogens is 284 g/mol. The number of rotatable bonds is 4. The van der Waals surface area contributed by atoms with Crippen molar-refractivity contribution >= 4 is 11.6 Å². The highest BCUT2D eigenvalue weighted by atomic mass is 35.5. The summed E-state index contributed by atoms with van der Waals surface area (Å²) >= 11 is 6.29. The molecule has 0 radical (unpaired) electrons. The fourth-order valence-electron chi connectivity index (χ4n) is 2.36. The van der Waals surface area contributed by atoms with Gasteiger partial charge in [-0.1, -0.05) is 48.0 Å². The van der Waals surface area contributed by atoms with Crippen LogP contribution in [0.4, 0.5) is 0 Å². The molecule has 0 spiro atoms. The molecule has 3 rings (SSSR count). The number of hydrazine groups is 1. The monoisotopic (exact) mass is 298 g/mol. The largest absolute Gasteiger partial charge is 0.271 e. The smallest absolute Gasteiger partial charge is 0.0897 e. The van der Waals surface area contributed by atoms with E-state index in [0.717, 1.165) is 16.9 Å². The van der Waals surface area contributed by atoms with Gasteiger partial charge in [0, 0.05) is 11.2 Å². The van der Waals surface area contributed by atoms with Crippen LogP contribution in [0.25, 0.3) is 5.69 Å². The highest BCUT2D eigenvalue weighted by molar-refractivity contribution is 6.31. The second kappa shape index (κ2) is 6.10. The van der Waals surface area contributed by atoms with Crippen molar-refractivity contribution in [2.75, 3.05) is 0 Å². The quantitative estimate of drug-likeness (QED) is 0.575. The van der Waals surface area contributed by atoms with Crippen LogP contribution in [0.2, 0.25) is 5.02 Å². The van der Waals surface area contributed by atoms with E-state index >= 15 is 0 Å². The van der Waals surface area contributed by atoms with Crippen LogP contribution in [0.1, 0.15) is 17.3 Å². The van der Waals surface area contributed by atoms with Crippen LogP contribution in [0, 0.1) is 0 Å². The number of hydrogen-bond donors (Lipinski definition) is 2. The van der Waals surface area contributed by atoms with Crippen molar-refractivity contribution < 1.29 is 0 Å². The van der Waals surface area contributed by atoms with Crippen LogP contribution < -0.4 is 11.3 Å². The Kier molecular flexibility index (Phi) is 4.01. The zero-order chi connectivity index (χ0) is 14.7. The fraction of sp³-hybridized carbons (Fsp3) is 0.0625. The predicted molar refractivity (Wildman–Crippen MR) is 84.2 cm³/mol. The summed E-state index contributed by atoms with van der Waals surface area (Å²) in [6.45, 7) is 0. The lowest BCUT2D eigenvalue weighted by Crippen LogP contribution is -2.30. The van der Waals surface area contributed by atoms with Gasteiger partial charge in [-0.15, -0.1) is 0 Å². The van der Waals surface area contributed by atoms with Crippen LogP contribution in [0.15, 0.2) is 66.9 Å². The first kappa shape index (κ1) is 13.8. The van der Waals surface area contributed by atoms with Gasteiger partial charge in [0.05, 0.1) is 17.4 Å². The maximum absolute atomic E-state index is 6.29. The van der Waals surface area contributed by atoms with Crippen LogP contribution in [-0.4, -0.2) is 9.78 Å². The number of para-hydroxylation sites is 1. The summed E-state index contributed by atoms with van der Waals surface area (Å²) in [6, 6.07) is 19.2.